The van der Waals surface area contributed by atoms with Gasteiger partial charge in [-0.05, 0) is 31.9 Å². The smallest absolute Gasteiger partial charge is 0.177 e. The Morgan fingerprint density at radius 1 is 1.13 bits per heavy atom. The predicted octanol–water partition coefficient (Wildman–Crippen LogP) is 3.14. The number of imidazole rings is 1. The van der Waals surface area contributed by atoms with Crippen LogP contribution in [-0.2, 0) is 0 Å². The number of fused-ring (bicyclic) bond motifs is 1. The SMILES string of the molecule is CC(C)c1ccc2c(ncn2C(C)C)n1. The Bertz CT molecular complexity index is 469. The summed E-state index contributed by atoms with van der Waals surface area (Å²) in [5, 5.41) is 0. The summed E-state index contributed by atoms with van der Waals surface area (Å²) in [5.41, 5.74) is 3.08. The molecule has 0 atom stereocenters. The molecule has 0 saturated carbocycles. The average molecular weight is 203 g/mol. The largest absolute Gasteiger partial charge is 0.327 e. The Hall–Kier alpha value is -1.38. The first-order valence-corrected chi connectivity index (χ1v) is 5.43. The lowest BCUT2D eigenvalue weighted by Gasteiger charge is -2.08. The molecular weight excluding hydrogens is 186 g/mol. The molecular formula is C12H17N3. The zero-order valence-corrected chi connectivity index (χ0v) is 9.73. The molecule has 0 aliphatic heterocycles. The molecule has 0 saturated heterocycles. The first-order chi connectivity index (χ1) is 7.09. The third-order valence-corrected chi connectivity index (χ3v) is 2.61. The Balaban J connectivity index is 2.57. The first-order valence-electron chi connectivity index (χ1n) is 5.43. The molecule has 0 aliphatic rings. The van der Waals surface area contributed by atoms with Crippen LogP contribution in [0.5, 0.6) is 0 Å². The lowest BCUT2D eigenvalue weighted by Crippen LogP contribution is -1.99. The summed E-state index contributed by atoms with van der Waals surface area (Å²) in [6.45, 7) is 8.59. The van der Waals surface area contributed by atoms with Gasteiger partial charge in [0.05, 0.1) is 11.8 Å². The van der Waals surface area contributed by atoms with Crippen molar-refractivity contribution in [2.24, 2.45) is 0 Å². The third-order valence-electron chi connectivity index (χ3n) is 2.61. The average Bonchev–Trinajstić information content (AvgIpc) is 2.59. The van der Waals surface area contributed by atoms with Gasteiger partial charge in [0, 0.05) is 11.7 Å². The van der Waals surface area contributed by atoms with Crippen LogP contribution < -0.4 is 0 Å². The molecule has 2 heterocycles. The summed E-state index contributed by atoms with van der Waals surface area (Å²) >= 11 is 0. The van der Waals surface area contributed by atoms with E-state index in [2.05, 4.69) is 54.4 Å². The Labute approximate surface area is 90.2 Å². The molecule has 0 aromatic carbocycles. The van der Waals surface area contributed by atoms with Crippen LogP contribution in [0.2, 0.25) is 0 Å². The fraction of sp³-hybridized carbons (Fsp3) is 0.500. The molecule has 0 bridgehead atoms. The topological polar surface area (TPSA) is 30.7 Å². The Morgan fingerprint density at radius 3 is 2.47 bits per heavy atom. The van der Waals surface area contributed by atoms with Gasteiger partial charge in [-0.25, -0.2) is 9.97 Å². The second-order valence-electron chi connectivity index (χ2n) is 4.48. The normalized spacial score (nSPS) is 11.9. The van der Waals surface area contributed by atoms with Crippen molar-refractivity contribution >= 4 is 11.2 Å². The highest BCUT2D eigenvalue weighted by Gasteiger charge is 2.08. The predicted molar refractivity (Wildman–Crippen MR) is 62.0 cm³/mol. The fourth-order valence-corrected chi connectivity index (χ4v) is 1.66. The van der Waals surface area contributed by atoms with Gasteiger partial charge in [-0.1, -0.05) is 13.8 Å². The number of nitrogens with zero attached hydrogens (tertiary/aromatic N) is 3. The van der Waals surface area contributed by atoms with E-state index in [0.29, 0.717) is 12.0 Å². The van der Waals surface area contributed by atoms with E-state index in [4.69, 9.17) is 0 Å². The van der Waals surface area contributed by atoms with Crippen molar-refractivity contribution < 1.29 is 0 Å². The van der Waals surface area contributed by atoms with Crippen LogP contribution in [0.1, 0.15) is 45.3 Å². The molecule has 2 aromatic heterocycles. The molecule has 0 aliphatic carbocycles. The highest BCUT2D eigenvalue weighted by atomic mass is 15.1. The molecule has 0 radical (unpaired) electrons. The minimum atomic E-state index is 0.432. The van der Waals surface area contributed by atoms with Crippen molar-refractivity contribution in [3.63, 3.8) is 0 Å². The Morgan fingerprint density at radius 2 is 1.87 bits per heavy atom. The maximum atomic E-state index is 4.55. The standard InChI is InChI=1S/C12H17N3/c1-8(2)10-5-6-11-12(14-10)13-7-15(11)9(3)4/h5-9H,1-4H3. The number of hydrogen-bond acceptors (Lipinski definition) is 2. The summed E-state index contributed by atoms with van der Waals surface area (Å²) in [5.74, 6) is 0.457. The van der Waals surface area contributed by atoms with Gasteiger partial charge >= 0.3 is 0 Å². The molecule has 0 N–H and O–H groups in total. The van der Waals surface area contributed by atoms with Gasteiger partial charge < -0.3 is 4.57 Å². The summed E-state index contributed by atoms with van der Waals surface area (Å²) < 4.78 is 2.15. The van der Waals surface area contributed by atoms with Crippen LogP contribution in [-0.4, -0.2) is 14.5 Å². The van der Waals surface area contributed by atoms with Crippen molar-refractivity contribution in [1.29, 1.82) is 0 Å². The maximum Gasteiger partial charge on any atom is 0.177 e. The molecule has 2 aromatic rings. The number of rotatable bonds is 2. The monoisotopic (exact) mass is 203 g/mol. The van der Waals surface area contributed by atoms with Crippen molar-refractivity contribution in [3.05, 3.63) is 24.2 Å². The van der Waals surface area contributed by atoms with E-state index in [1.165, 1.54) is 0 Å². The molecule has 15 heavy (non-hydrogen) atoms. The second kappa shape index (κ2) is 3.65. The van der Waals surface area contributed by atoms with E-state index < -0.39 is 0 Å². The van der Waals surface area contributed by atoms with Crippen LogP contribution in [0, 0.1) is 0 Å². The van der Waals surface area contributed by atoms with E-state index in [1.807, 2.05) is 6.33 Å². The molecule has 0 fully saturated rings. The molecule has 0 unspecified atom stereocenters. The van der Waals surface area contributed by atoms with Crippen LogP contribution in [0.25, 0.3) is 11.2 Å². The summed E-state index contributed by atoms with van der Waals surface area (Å²) in [4.78, 5) is 8.88. The zero-order chi connectivity index (χ0) is 11.0. The van der Waals surface area contributed by atoms with Crippen molar-refractivity contribution in [1.82, 2.24) is 14.5 Å². The van der Waals surface area contributed by atoms with Crippen LogP contribution in [0.15, 0.2) is 18.5 Å². The van der Waals surface area contributed by atoms with Gasteiger partial charge in [0.1, 0.15) is 0 Å². The van der Waals surface area contributed by atoms with Crippen molar-refractivity contribution in [3.8, 4) is 0 Å². The summed E-state index contributed by atoms with van der Waals surface area (Å²) in [6.07, 6.45) is 1.87. The van der Waals surface area contributed by atoms with Gasteiger partial charge in [0.25, 0.3) is 0 Å². The number of hydrogen-bond donors (Lipinski definition) is 0. The van der Waals surface area contributed by atoms with Gasteiger partial charge in [-0.2, -0.15) is 0 Å². The molecule has 0 amide bonds. The Kier molecular flexibility index (Phi) is 2.47. The lowest BCUT2D eigenvalue weighted by atomic mass is 10.1. The van der Waals surface area contributed by atoms with Crippen LogP contribution in [0.3, 0.4) is 0 Å². The summed E-state index contributed by atoms with van der Waals surface area (Å²) in [6, 6.07) is 4.64. The summed E-state index contributed by atoms with van der Waals surface area (Å²) in [7, 11) is 0. The zero-order valence-electron chi connectivity index (χ0n) is 9.73. The number of aromatic nitrogens is 3. The van der Waals surface area contributed by atoms with Crippen molar-refractivity contribution in [2.45, 2.75) is 39.7 Å². The van der Waals surface area contributed by atoms with Gasteiger partial charge in [0.15, 0.2) is 5.65 Å². The highest BCUT2D eigenvalue weighted by molar-refractivity contribution is 5.71. The van der Waals surface area contributed by atoms with Gasteiger partial charge in [-0.3, -0.25) is 0 Å². The third kappa shape index (κ3) is 1.74. The van der Waals surface area contributed by atoms with Gasteiger partial charge in [-0.15, -0.1) is 0 Å². The molecule has 3 heteroatoms. The molecule has 3 nitrogen and oxygen atoms in total. The first kappa shape index (κ1) is 10.1. The van der Waals surface area contributed by atoms with E-state index in [0.717, 1.165) is 16.9 Å². The minimum absolute atomic E-state index is 0.432. The lowest BCUT2D eigenvalue weighted by molar-refractivity contribution is 0.617. The number of pyridine rings is 1. The quantitative estimate of drug-likeness (QED) is 0.750. The minimum Gasteiger partial charge on any atom is -0.327 e. The van der Waals surface area contributed by atoms with E-state index in [9.17, 15) is 0 Å². The van der Waals surface area contributed by atoms with Gasteiger partial charge in [0.2, 0.25) is 0 Å². The van der Waals surface area contributed by atoms with E-state index in [1.54, 1.807) is 0 Å². The highest BCUT2D eigenvalue weighted by Crippen LogP contribution is 2.19. The molecule has 2 rings (SSSR count). The van der Waals surface area contributed by atoms with Crippen molar-refractivity contribution in [2.75, 3.05) is 0 Å². The van der Waals surface area contributed by atoms with Crippen LogP contribution in [0.4, 0.5) is 0 Å². The molecule has 0 spiro atoms. The van der Waals surface area contributed by atoms with Crippen LogP contribution >= 0.6 is 0 Å². The van der Waals surface area contributed by atoms with E-state index >= 15 is 0 Å². The fourth-order valence-electron chi connectivity index (χ4n) is 1.66. The molecule has 80 valence electrons. The second-order valence-corrected chi connectivity index (χ2v) is 4.48. The maximum absolute atomic E-state index is 4.55. The van der Waals surface area contributed by atoms with E-state index in [-0.39, 0.29) is 0 Å².